The monoisotopic (exact) mass is 295 g/mol. The third-order valence-electron chi connectivity index (χ3n) is 3.57. The van der Waals surface area contributed by atoms with Crippen molar-refractivity contribution in [3.05, 3.63) is 58.6 Å². The third kappa shape index (κ3) is 2.01. The Morgan fingerprint density at radius 1 is 1.27 bits per heavy atom. The molecule has 0 unspecified atom stereocenters. The van der Waals surface area contributed by atoms with Crippen molar-refractivity contribution in [2.24, 2.45) is 12.8 Å². The smallest absolute Gasteiger partial charge is 0.271 e. The van der Waals surface area contributed by atoms with E-state index in [-0.39, 0.29) is 17.0 Å². The van der Waals surface area contributed by atoms with Crippen molar-refractivity contribution in [1.82, 2.24) is 9.55 Å². The minimum absolute atomic E-state index is 0.216. The second-order valence-electron chi connectivity index (χ2n) is 4.91. The summed E-state index contributed by atoms with van der Waals surface area (Å²) in [5.41, 5.74) is 6.33. The first-order chi connectivity index (χ1) is 10.5. The molecule has 0 fully saturated rings. The number of nitrogens with zero attached hydrogens (tertiary/aromatic N) is 2. The number of aromatic nitrogens is 2. The summed E-state index contributed by atoms with van der Waals surface area (Å²) in [7, 11) is 1.59. The number of aryl methyl sites for hydroxylation is 1. The number of aromatic hydroxyl groups is 1. The van der Waals surface area contributed by atoms with Crippen LogP contribution >= 0.6 is 0 Å². The van der Waals surface area contributed by atoms with E-state index < -0.39 is 5.91 Å². The molecule has 110 valence electrons. The minimum atomic E-state index is -0.825. The maximum Gasteiger partial charge on any atom is 0.271 e. The van der Waals surface area contributed by atoms with Crippen molar-refractivity contribution in [3.8, 4) is 16.9 Å². The van der Waals surface area contributed by atoms with Gasteiger partial charge in [-0.2, -0.15) is 0 Å². The summed E-state index contributed by atoms with van der Waals surface area (Å²) >= 11 is 0. The van der Waals surface area contributed by atoms with Gasteiger partial charge in [0.25, 0.3) is 11.5 Å². The molecule has 0 spiro atoms. The van der Waals surface area contributed by atoms with Gasteiger partial charge in [-0.05, 0) is 11.6 Å². The number of amides is 1. The Kier molecular flexibility index (Phi) is 3.14. The van der Waals surface area contributed by atoms with Gasteiger partial charge in [0.2, 0.25) is 0 Å². The first-order valence-corrected chi connectivity index (χ1v) is 6.57. The Hall–Kier alpha value is -3.15. The summed E-state index contributed by atoms with van der Waals surface area (Å²) in [6, 6.07) is 10.6. The quantitative estimate of drug-likeness (QED) is 0.746. The van der Waals surface area contributed by atoms with E-state index in [1.54, 1.807) is 25.2 Å². The van der Waals surface area contributed by atoms with Gasteiger partial charge >= 0.3 is 0 Å². The zero-order chi connectivity index (χ0) is 15.9. The van der Waals surface area contributed by atoms with E-state index in [1.165, 1.54) is 10.8 Å². The van der Waals surface area contributed by atoms with Crippen LogP contribution in [0.4, 0.5) is 0 Å². The molecule has 3 rings (SSSR count). The van der Waals surface area contributed by atoms with Gasteiger partial charge in [-0.3, -0.25) is 9.59 Å². The van der Waals surface area contributed by atoms with Gasteiger partial charge in [0.1, 0.15) is 0 Å². The maximum absolute atomic E-state index is 12.5. The molecule has 0 saturated heterocycles. The lowest BCUT2D eigenvalue weighted by atomic mass is 10.0. The average Bonchev–Trinajstić information content (AvgIpc) is 2.52. The van der Waals surface area contributed by atoms with Crippen LogP contribution in [-0.4, -0.2) is 20.6 Å². The Morgan fingerprint density at radius 2 is 1.95 bits per heavy atom. The van der Waals surface area contributed by atoms with Gasteiger partial charge in [0.05, 0.1) is 11.7 Å². The highest BCUT2D eigenvalue weighted by molar-refractivity contribution is 6.00. The molecule has 0 aliphatic carbocycles. The highest BCUT2D eigenvalue weighted by Gasteiger charge is 2.17. The lowest BCUT2D eigenvalue weighted by Gasteiger charge is -2.11. The number of pyridine rings is 2. The molecule has 6 nitrogen and oxygen atoms in total. The molecule has 0 radical (unpaired) electrons. The number of hydrogen-bond acceptors (Lipinski definition) is 4. The number of hydrogen-bond donors (Lipinski definition) is 2. The van der Waals surface area contributed by atoms with Gasteiger partial charge in [-0.15, -0.1) is 0 Å². The SMILES string of the molecule is Cn1c(=O)c(-c2ccccc2)cc2c(O)c(C(N)=O)ncc21. The molecule has 0 atom stereocenters. The van der Waals surface area contributed by atoms with Crippen molar-refractivity contribution in [2.75, 3.05) is 0 Å². The molecule has 0 aliphatic rings. The Morgan fingerprint density at radius 3 is 2.59 bits per heavy atom. The first kappa shape index (κ1) is 13.8. The normalized spacial score (nSPS) is 10.8. The van der Waals surface area contributed by atoms with E-state index in [0.717, 1.165) is 5.56 Å². The first-order valence-electron chi connectivity index (χ1n) is 6.57. The highest BCUT2D eigenvalue weighted by Crippen LogP contribution is 2.28. The molecule has 1 amide bonds. The van der Waals surface area contributed by atoms with Crippen LogP contribution in [0.2, 0.25) is 0 Å². The van der Waals surface area contributed by atoms with Crippen LogP contribution in [0.25, 0.3) is 22.0 Å². The van der Waals surface area contributed by atoms with Gasteiger partial charge in [-0.1, -0.05) is 30.3 Å². The van der Waals surface area contributed by atoms with Crippen LogP contribution in [0, 0.1) is 0 Å². The fourth-order valence-corrected chi connectivity index (χ4v) is 2.42. The van der Waals surface area contributed by atoms with Crippen molar-refractivity contribution < 1.29 is 9.90 Å². The highest BCUT2D eigenvalue weighted by atomic mass is 16.3. The summed E-state index contributed by atoms with van der Waals surface area (Å²) in [4.78, 5) is 27.6. The van der Waals surface area contributed by atoms with Crippen molar-refractivity contribution >= 4 is 16.8 Å². The molecule has 0 bridgehead atoms. The summed E-state index contributed by atoms with van der Waals surface area (Å²) < 4.78 is 1.38. The zero-order valence-electron chi connectivity index (χ0n) is 11.8. The van der Waals surface area contributed by atoms with Gasteiger partial charge in [0.15, 0.2) is 11.4 Å². The van der Waals surface area contributed by atoms with E-state index in [2.05, 4.69) is 4.98 Å². The Bertz CT molecular complexity index is 946. The maximum atomic E-state index is 12.5. The van der Waals surface area contributed by atoms with E-state index in [0.29, 0.717) is 16.5 Å². The number of nitrogens with two attached hydrogens (primary N) is 1. The van der Waals surface area contributed by atoms with E-state index in [9.17, 15) is 14.7 Å². The standard InChI is InChI=1S/C16H13N3O3/c1-19-12-8-18-13(15(17)21)14(20)11(12)7-10(16(19)22)9-5-3-2-4-6-9/h2-8,20H,1H3,(H2,17,21). The molecule has 0 saturated carbocycles. The zero-order valence-corrected chi connectivity index (χ0v) is 11.8. The van der Waals surface area contributed by atoms with Crippen LogP contribution in [-0.2, 0) is 7.05 Å². The largest absolute Gasteiger partial charge is 0.505 e. The number of benzene rings is 1. The van der Waals surface area contributed by atoms with E-state index in [4.69, 9.17) is 5.73 Å². The number of carbonyl (C=O) groups excluding carboxylic acids is 1. The van der Waals surface area contributed by atoms with E-state index in [1.807, 2.05) is 18.2 Å². The third-order valence-corrected chi connectivity index (χ3v) is 3.57. The number of primary amides is 1. The second kappa shape index (κ2) is 5.00. The summed E-state index contributed by atoms with van der Waals surface area (Å²) in [5.74, 6) is -1.15. The number of fused-ring (bicyclic) bond motifs is 1. The van der Waals surface area contributed by atoms with Crippen LogP contribution in [0.1, 0.15) is 10.5 Å². The lowest BCUT2D eigenvalue weighted by Crippen LogP contribution is -2.20. The minimum Gasteiger partial charge on any atom is -0.505 e. The molecule has 2 heterocycles. The van der Waals surface area contributed by atoms with Crippen molar-refractivity contribution in [2.45, 2.75) is 0 Å². The summed E-state index contributed by atoms with van der Waals surface area (Å²) in [5, 5.41) is 10.6. The molecule has 2 aromatic heterocycles. The number of carbonyl (C=O) groups is 1. The van der Waals surface area contributed by atoms with Crippen LogP contribution < -0.4 is 11.3 Å². The Balaban J connectivity index is 2.42. The summed E-state index contributed by atoms with van der Waals surface area (Å²) in [6.07, 6.45) is 1.35. The van der Waals surface area contributed by atoms with Crippen LogP contribution in [0.15, 0.2) is 47.4 Å². The van der Waals surface area contributed by atoms with Crippen LogP contribution in [0.3, 0.4) is 0 Å². The van der Waals surface area contributed by atoms with E-state index >= 15 is 0 Å². The predicted molar refractivity (Wildman–Crippen MR) is 82.6 cm³/mol. The average molecular weight is 295 g/mol. The molecule has 3 N–H and O–H groups in total. The molecule has 0 aliphatic heterocycles. The van der Waals surface area contributed by atoms with Crippen molar-refractivity contribution in [3.63, 3.8) is 0 Å². The summed E-state index contributed by atoms with van der Waals surface area (Å²) in [6.45, 7) is 0. The molecule has 1 aromatic carbocycles. The topological polar surface area (TPSA) is 98.2 Å². The van der Waals surface area contributed by atoms with Crippen molar-refractivity contribution in [1.29, 1.82) is 0 Å². The van der Waals surface area contributed by atoms with Crippen LogP contribution in [0.5, 0.6) is 5.75 Å². The molecular weight excluding hydrogens is 282 g/mol. The molecule has 6 heteroatoms. The molecule has 3 aromatic rings. The van der Waals surface area contributed by atoms with Gasteiger partial charge in [0, 0.05) is 18.0 Å². The Labute approximate surface area is 125 Å². The lowest BCUT2D eigenvalue weighted by molar-refractivity contribution is 0.0993. The molecular formula is C16H13N3O3. The predicted octanol–water partition coefficient (Wildman–Crippen LogP) is 1.40. The van der Waals surface area contributed by atoms with Gasteiger partial charge in [-0.25, -0.2) is 4.98 Å². The van der Waals surface area contributed by atoms with Gasteiger partial charge < -0.3 is 15.4 Å². The fourth-order valence-electron chi connectivity index (χ4n) is 2.42. The number of rotatable bonds is 2. The molecule has 22 heavy (non-hydrogen) atoms. The second-order valence-corrected chi connectivity index (χ2v) is 4.91. The fraction of sp³-hybridized carbons (Fsp3) is 0.0625.